The van der Waals surface area contributed by atoms with Crippen molar-refractivity contribution in [1.82, 2.24) is 4.90 Å². The first kappa shape index (κ1) is 17.3. The number of ether oxygens (including phenoxy) is 1. The van der Waals surface area contributed by atoms with Crippen LogP contribution in [0.4, 0.5) is 5.69 Å². The molecule has 0 spiro atoms. The lowest BCUT2D eigenvalue weighted by Crippen LogP contribution is -2.34. The van der Waals surface area contributed by atoms with E-state index in [1.54, 1.807) is 7.11 Å². The van der Waals surface area contributed by atoms with E-state index in [9.17, 15) is 5.11 Å². The average molecular weight is 306 g/mol. The minimum Gasteiger partial charge on any atom is -0.396 e. The Bertz CT molecular complexity index is 431. The molecule has 124 valence electrons. The molecule has 1 aliphatic rings. The standard InChI is InChI=1S/C18H30N2O2/c1-3-17(14-22-2)19-18-6-4-5-16(11-18)12-20-9-7-15(13-21)8-10-20/h4-6,11,15,17,19,21H,3,7-10,12-14H2,1-2H3. The molecule has 0 bridgehead atoms. The Morgan fingerprint density at radius 3 is 2.77 bits per heavy atom. The zero-order chi connectivity index (χ0) is 15.8. The summed E-state index contributed by atoms with van der Waals surface area (Å²) in [6, 6.07) is 9.05. The van der Waals surface area contributed by atoms with Crippen molar-refractivity contribution in [2.75, 3.05) is 38.7 Å². The molecule has 4 heteroatoms. The van der Waals surface area contributed by atoms with E-state index in [1.165, 1.54) is 11.3 Å². The molecule has 1 aromatic rings. The van der Waals surface area contributed by atoms with E-state index in [-0.39, 0.29) is 0 Å². The molecule has 22 heavy (non-hydrogen) atoms. The highest BCUT2D eigenvalue weighted by molar-refractivity contribution is 5.46. The minimum atomic E-state index is 0.338. The van der Waals surface area contributed by atoms with Gasteiger partial charge in [0, 0.05) is 32.0 Å². The summed E-state index contributed by atoms with van der Waals surface area (Å²) >= 11 is 0. The first-order valence-corrected chi connectivity index (χ1v) is 8.42. The van der Waals surface area contributed by atoms with Gasteiger partial charge in [-0.3, -0.25) is 4.90 Å². The third-order valence-corrected chi connectivity index (χ3v) is 4.53. The fourth-order valence-electron chi connectivity index (χ4n) is 3.04. The molecule has 1 aromatic carbocycles. The molecule has 0 radical (unpaired) electrons. The number of methoxy groups -OCH3 is 1. The van der Waals surface area contributed by atoms with Crippen LogP contribution in [0.15, 0.2) is 24.3 Å². The molecule has 4 nitrogen and oxygen atoms in total. The molecule has 0 amide bonds. The van der Waals surface area contributed by atoms with Gasteiger partial charge in [-0.15, -0.1) is 0 Å². The van der Waals surface area contributed by atoms with Gasteiger partial charge in [-0.05, 0) is 56.0 Å². The van der Waals surface area contributed by atoms with Crippen LogP contribution in [-0.4, -0.2) is 49.5 Å². The van der Waals surface area contributed by atoms with Crippen LogP contribution in [0.5, 0.6) is 0 Å². The predicted molar refractivity (Wildman–Crippen MR) is 91.1 cm³/mol. The number of aliphatic hydroxyl groups is 1. The van der Waals surface area contributed by atoms with Gasteiger partial charge in [0.05, 0.1) is 6.61 Å². The number of nitrogens with one attached hydrogen (secondary N) is 1. The van der Waals surface area contributed by atoms with Crippen molar-refractivity contribution in [3.8, 4) is 0 Å². The fraction of sp³-hybridized carbons (Fsp3) is 0.667. The maximum atomic E-state index is 9.22. The molecule has 2 rings (SSSR count). The summed E-state index contributed by atoms with van der Waals surface area (Å²) in [7, 11) is 1.75. The molecule has 1 fully saturated rings. The number of hydrogen-bond donors (Lipinski definition) is 2. The van der Waals surface area contributed by atoms with E-state index in [0.717, 1.165) is 45.5 Å². The van der Waals surface area contributed by atoms with Gasteiger partial charge in [0.1, 0.15) is 0 Å². The van der Waals surface area contributed by atoms with Crippen LogP contribution in [0, 0.1) is 5.92 Å². The van der Waals surface area contributed by atoms with Crippen LogP contribution in [0.2, 0.25) is 0 Å². The summed E-state index contributed by atoms with van der Waals surface area (Å²) < 4.78 is 5.25. The van der Waals surface area contributed by atoms with Gasteiger partial charge in [-0.25, -0.2) is 0 Å². The first-order valence-electron chi connectivity index (χ1n) is 8.42. The van der Waals surface area contributed by atoms with E-state index < -0.39 is 0 Å². The number of rotatable bonds is 8. The second-order valence-corrected chi connectivity index (χ2v) is 6.31. The highest BCUT2D eigenvalue weighted by atomic mass is 16.5. The smallest absolute Gasteiger partial charge is 0.0663 e. The summed E-state index contributed by atoms with van der Waals surface area (Å²) in [5, 5.41) is 12.8. The van der Waals surface area contributed by atoms with Crippen LogP contribution < -0.4 is 5.32 Å². The van der Waals surface area contributed by atoms with Gasteiger partial charge >= 0.3 is 0 Å². The normalized spacial score (nSPS) is 18.3. The topological polar surface area (TPSA) is 44.7 Å². The molecule has 1 aliphatic heterocycles. The number of benzene rings is 1. The summed E-state index contributed by atoms with van der Waals surface area (Å²) in [6.45, 7) is 6.41. The molecule has 1 heterocycles. The summed E-state index contributed by atoms with van der Waals surface area (Å²) in [6.07, 6.45) is 3.27. The number of likely N-dealkylation sites (tertiary alicyclic amines) is 1. The molecular weight excluding hydrogens is 276 g/mol. The van der Waals surface area contributed by atoms with Crippen molar-refractivity contribution >= 4 is 5.69 Å². The largest absolute Gasteiger partial charge is 0.396 e. The summed E-state index contributed by atoms with van der Waals surface area (Å²) in [4.78, 5) is 2.48. The molecule has 1 atom stereocenters. The van der Waals surface area contributed by atoms with E-state index in [2.05, 4.69) is 41.4 Å². The van der Waals surface area contributed by atoms with Crippen LogP contribution in [0.3, 0.4) is 0 Å². The number of hydrogen-bond acceptors (Lipinski definition) is 4. The Morgan fingerprint density at radius 2 is 2.14 bits per heavy atom. The van der Waals surface area contributed by atoms with Crippen molar-refractivity contribution in [3.05, 3.63) is 29.8 Å². The highest BCUT2D eigenvalue weighted by Gasteiger charge is 2.18. The van der Waals surface area contributed by atoms with Gasteiger partial charge in [0.25, 0.3) is 0 Å². The van der Waals surface area contributed by atoms with E-state index in [0.29, 0.717) is 18.6 Å². The second-order valence-electron chi connectivity index (χ2n) is 6.31. The summed E-state index contributed by atoms with van der Waals surface area (Å²) in [5.74, 6) is 0.503. The molecule has 1 saturated heterocycles. The Balaban J connectivity index is 1.88. The second kappa shape index (κ2) is 9.13. The third kappa shape index (κ3) is 5.27. The molecular formula is C18H30N2O2. The maximum Gasteiger partial charge on any atom is 0.0663 e. The SMILES string of the molecule is CCC(COC)Nc1cccc(CN2CCC(CO)CC2)c1. The van der Waals surface area contributed by atoms with Gasteiger partial charge in [-0.1, -0.05) is 19.1 Å². The van der Waals surface area contributed by atoms with Crippen molar-refractivity contribution in [3.63, 3.8) is 0 Å². The molecule has 1 unspecified atom stereocenters. The van der Waals surface area contributed by atoms with Crippen LogP contribution in [0.25, 0.3) is 0 Å². The van der Waals surface area contributed by atoms with Gasteiger partial charge in [0.15, 0.2) is 0 Å². The number of aliphatic hydroxyl groups excluding tert-OH is 1. The number of anilines is 1. The van der Waals surface area contributed by atoms with Crippen molar-refractivity contribution in [1.29, 1.82) is 0 Å². The van der Waals surface area contributed by atoms with E-state index in [4.69, 9.17) is 4.74 Å². The molecule has 0 aliphatic carbocycles. The van der Waals surface area contributed by atoms with E-state index in [1.807, 2.05) is 0 Å². The quantitative estimate of drug-likeness (QED) is 0.775. The van der Waals surface area contributed by atoms with Crippen LogP contribution in [0.1, 0.15) is 31.7 Å². The Kier molecular flexibility index (Phi) is 7.16. The van der Waals surface area contributed by atoms with Gasteiger partial charge < -0.3 is 15.2 Å². The molecule has 0 aromatic heterocycles. The molecule has 0 saturated carbocycles. The minimum absolute atomic E-state index is 0.338. The lowest BCUT2D eigenvalue weighted by atomic mass is 9.97. The highest BCUT2D eigenvalue weighted by Crippen LogP contribution is 2.20. The van der Waals surface area contributed by atoms with E-state index >= 15 is 0 Å². The lowest BCUT2D eigenvalue weighted by molar-refractivity contribution is 0.127. The van der Waals surface area contributed by atoms with Crippen LogP contribution in [-0.2, 0) is 11.3 Å². The fourth-order valence-corrected chi connectivity index (χ4v) is 3.04. The van der Waals surface area contributed by atoms with Crippen molar-refractivity contribution in [2.45, 2.75) is 38.8 Å². The number of nitrogens with zero attached hydrogens (tertiary/aromatic N) is 1. The zero-order valence-electron chi connectivity index (χ0n) is 13.9. The Morgan fingerprint density at radius 1 is 1.36 bits per heavy atom. The maximum absolute atomic E-state index is 9.22. The lowest BCUT2D eigenvalue weighted by Gasteiger charge is -2.31. The first-order chi connectivity index (χ1) is 10.7. The average Bonchev–Trinajstić information content (AvgIpc) is 2.55. The van der Waals surface area contributed by atoms with Crippen LogP contribution >= 0.6 is 0 Å². The molecule has 2 N–H and O–H groups in total. The number of piperidine rings is 1. The third-order valence-electron chi connectivity index (χ3n) is 4.53. The zero-order valence-corrected chi connectivity index (χ0v) is 13.9. The predicted octanol–water partition coefficient (Wildman–Crippen LogP) is 2.73. The summed E-state index contributed by atoms with van der Waals surface area (Å²) in [5.41, 5.74) is 2.52. The van der Waals surface area contributed by atoms with Gasteiger partial charge in [-0.2, -0.15) is 0 Å². The monoisotopic (exact) mass is 306 g/mol. The van der Waals surface area contributed by atoms with Gasteiger partial charge in [0.2, 0.25) is 0 Å². The Labute approximate surface area is 134 Å². The van der Waals surface area contributed by atoms with Crippen molar-refractivity contribution < 1.29 is 9.84 Å². The Hall–Kier alpha value is -1.10. The van der Waals surface area contributed by atoms with Crippen molar-refractivity contribution in [2.24, 2.45) is 5.92 Å².